The van der Waals surface area contributed by atoms with Crippen LogP contribution in [0.1, 0.15) is 11.1 Å². The lowest BCUT2D eigenvalue weighted by Gasteiger charge is -2.07. The number of carbonyl (C=O) groups excluding carboxylic acids is 2. The van der Waals surface area contributed by atoms with Crippen molar-refractivity contribution in [2.75, 3.05) is 6.61 Å². The van der Waals surface area contributed by atoms with Gasteiger partial charge in [0.05, 0.1) is 6.42 Å². The zero-order valence-electron chi connectivity index (χ0n) is 11.9. The molecule has 0 radical (unpaired) electrons. The van der Waals surface area contributed by atoms with Gasteiger partial charge < -0.3 is 10.1 Å². The highest BCUT2D eigenvalue weighted by Gasteiger charge is 2.08. The highest BCUT2D eigenvalue weighted by atomic mass is 35.5. The second-order valence-corrected chi connectivity index (χ2v) is 5.16. The molecule has 2 rings (SSSR count). The standard InChI is InChI=1S/C17H16ClNO3/c18-15-8-6-13(7-9-15)10-17(21)22-12-16(20)19-11-14-4-2-1-3-5-14/h1-9H,10-12H2,(H,19,20). The minimum atomic E-state index is -0.447. The summed E-state index contributed by atoms with van der Waals surface area (Å²) in [6.07, 6.45) is 0.114. The number of rotatable bonds is 6. The molecule has 2 aromatic carbocycles. The van der Waals surface area contributed by atoms with Crippen molar-refractivity contribution in [1.82, 2.24) is 5.32 Å². The Bertz CT molecular complexity index is 626. The SMILES string of the molecule is O=C(COC(=O)Cc1ccc(Cl)cc1)NCc1ccccc1. The molecule has 0 saturated carbocycles. The molecule has 0 aliphatic heterocycles. The molecule has 1 amide bonds. The number of nitrogens with one attached hydrogen (secondary N) is 1. The molecular formula is C17H16ClNO3. The number of hydrogen-bond acceptors (Lipinski definition) is 3. The largest absolute Gasteiger partial charge is 0.455 e. The quantitative estimate of drug-likeness (QED) is 0.833. The van der Waals surface area contributed by atoms with E-state index in [2.05, 4.69) is 5.32 Å². The number of esters is 1. The van der Waals surface area contributed by atoms with Gasteiger partial charge in [-0.3, -0.25) is 9.59 Å². The third-order valence-corrected chi connectivity index (χ3v) is 3.21. The van der Waals surface area contributed by atoms with Crippen LogP contribution in [0.15, 0.2) is 54.6 Å². The van der Waals surface area contributed by atoms with Crippen molar-refractivity contribution in [2.45, 2.75) is 13.0 Å². The van der Waals surface area contributed by atoms with Crippen molar-refractivity contribution >= 4 is 23.5 Å². The van der Waals surface area contributed by atoms with E-state index in [1.165, 1.54) is 0 Å². The number of benzene rings is 2. The van der Waals surface area contributed by atoms with Crippen molar-refractivity contribution < 1.29 is 14.3 Å². The second-order valence-electron chi connectivity index (χ2n) is 4.73. The van der Waals surface area contributed by atoms with Gasteiger partial charge in [0.15, 0.2) is 6.61 Å². The van der Waals surface area contributed by atoms with Crippen LogP contribution in [-0.2, 0) is 27.3 Å². The fraction of sp³-hybridized carbons (Fsp3) is 0.176. The van der Waals surface area contributed by atoms with Gasteiger partial charge in [-0.05, 0) is 23.3 Å². The fourth-order valence-electron chi connectivity index (χ4n) is 1.81. The molecule has 114 valence electrons. The number of amides is 1. The molecule has 0 heterocycles. The first-order chi connectivity index (χ1) is 10.6. The van der Waals surface area contributed by atoms with Crippen LogP contribution < -0.4 is 5.32 Å². The Morgan fingerprint density at radius 2 is 1.64 bits per heavy atom. The molecule has 0 aliphatic carbocycles. The zero-order valence-corrected chi connectivity index (χ0v) is 12.7. The number of ether oxygens (including phenoxy) is 1. The van der Waals surface area contributed by atoms with E-state index < -0.39 is 5.97 Å². The highest BCUT2D eigenvalue weighted by molar-refractivity contribution is 6.30. The first-order valence-electron chi connectivity index (χ1n) is 6.84. The summed E-state index contributed by atoms with van der Waals surface area (Å²) in [6, 6.07) is 16.4. The van der Waals surface area contributed by atoms with Crippen LogP contribution in [0, 0.1) is 0 Å². The summed E-state index contributed by atoms with van der Waals surface area (Å²) in [6.45, 7) is 0.133. The maximum absolute atomic E-state index is 11.6. The lowest BCUT2D eigenvalue weighted by molar-refractivity contribution is -0.147. The van der Waals surface area contributed by atoms with Crippen LogP contribution in [0.3, 0.4) is 0 Å². The van der Waals surface area contributed by atoms with E-state index in [1.54, 1.807) is 24.3 Å². The molecule has 2 aromatic rings. The summed E-state index contributed by atoms with van der Waals surface area (Å²) >= 11 is 5.77. The van der Waals surface area contributed by atoms with E-state index in [1.807, 2.05) is 30.3 Å². The third-order valence-electron chi connectivity index (χ3n) is 2.96. The fourth-order valence-corrected chi connectivity index (χ4v) is 1.94. The van der Waals surface area contributed by atoms with Crippen molar-refractivity contribution in [3.8, 4) is 0 Å². The van der Waals surface area contributed by atoms with Crippen molar-refractivity contribution in [3.05, 3.63) is 70.7 Å². The molecule has 1 N–H and O–H groups in total. The van der Waals surface area contributed by atoms with Crippen LogP contribution in [0.25, 0.3) is 0 Å². The highest BCUT2D eigenvalue weighted by Crippen LogP contribution is 2.10. The molecule has 0 saturated heterocycles. The summed E-state index contributed by atoms with van der Waals surface area (Å²) in [7, 11) is 0. The Labute approximate surface area is 134 Å². The smallest absolute Gasteiger partial charge is 0.310 e. The minimum Gasteiger partial charge on any atom is -0.455 e. The lowest BCUT2D eigenvalue weighted by Crippen LogP contribution is -2.28. The molecule has 0 spiro atoms. The van der Waals surface area contributed by atoms with Crippen LogP contribution in [0.5, 0.6) is 0 Å². The second kappa shape index (κ2) is 8.20. The van der Waals surface area contributed by atoms with Gasteiger partial charge >= 0.3 is 5.97 Å². The van der Waals surface area contributed by atoms with E-state index in [-0.39, 0.29) is 18.9 Å². The molecular weight excluding hydrogens is 302 g/mol. The maximum Gasteiger partial charge on any atom is 0.310 e. The molecule has 0 atom stereocenters. The molecule has 0 aliphatic rings. The maximum atomic E-state index is 11.6. The topological polar surface area (TPSA) is 55.4 Å². The third kappa shape index (κ3) is 5.58. The first-order valence-corrected chi connectivity index (χ1v) is 7.22. The minimum absolute atomic E-state index is 0.114. The summed E-state index contributed by atoms with van der Waals surface area (Å²) in [4.78, 5) is 23.3. The van der Waals surface area contributed by atoms with Crippen molar-refractivity contribution in [3.63, 3.8) is 0 Å². The Hall–Kier alpha value is -2.33. The summed E-state index contributed by atoms with van der Waals surface area (Å²) in [5, 5.41) is 3.30. The average molecular weight is 318 g/mol. The monoisotopic (exact) mass is 317 g/mol. The van der Waals surface area contributed by atoms with Gasteiger partial charge in [-0.25, -0.2) is 0 Å². The van der Waals surface area contributed by atoms with Crippen LogP contribution >= 0.6 is 11.6 Å². The summed E-state index contributed by atoms with van der Waals surface area (Å²) in [5.74, 6) is -0.773. The van der Waals surface area contributed by atoms with Gasteiger partial charge in [-0.1, -0.05) is 54.1 Å². The molecule has 22 heavy (non-hydrogen) atoms. The molecule has 5 heteroatoms. The van der Waals surface area contributed by atoms with E-state index in [9.17, 15) is 9.59 Å². The number of carbonyl (C=O) groups is 2. The predicted molar refractivity (Wildman–Crippen MR) is 84.4 cm³/mol. The Kier molecular flexibility index (Phi) is 5.98. The van der Waals surface area contributed by atoms with E-state index in [0.717, 1.165) is 11.1 Å². The predicted octanol–water partition coefficient (Wildman–Crippen LogP) is 2.74. The Morgan fingerprint density at radius 1 is 0.955 bits per heavy atom. The van der Waals surface area contributed by atoms with Crippen LogP contribution in [0.4, 0.5) is 0 Å². The van der Waals surface area contributed by atoms with Crippen molar-refractivity contribution in [1.29, 1.82) is 0 Å². The number of hydrogen-bond donors (Lipinski definition) is 1. The van der Waals surface area contributed by atoms with Gasteiger partial charge in [0.25, 0.3) is 5.91 Å². The van der Waals surface area contributed by atoms with Gasteiger partial charge in [-0.2, -0.15) is 0 Å². The van der Waals surface area contributed by atoms with Gasteiger partial charge in [-0.15, -0.1) is 0 Å². The molecule has 0 aromatic heterocycles. The molecule has 0 bridgehead atoms. The Balaban J connectivity index is 1.69. The van der Waals surface area contributed by atoms with Gasteiger partial charge in [0.1, 0.15) is 0 Å². The van der Waals surface area contributed by atoms with Gasteiger partial charge in [0.2, 0.25) is 0 Å². The van der Waals surface area contributed by atoms with Crippen LogP contribution in [-0.4, -0.2) is 18.5 Å². The number of halogens is 1. The molecule has 0 unspecified atom stereocenters. The zero-order chi connectivity index (χ0) is 15.8. The summed E-state index contributed by atoms with van der Waals surface area (Å²) in [5.41, 5.74) is 1.78. The summed E-state index contributed by atoms with van der Waals surface area (Å²) < 4.78 is 4.94. The lowest BCUT2D eigenvalue weighted by atomic mass is 10.1. The average Bonchev–Trinajstić information content (AvgIpc) is 2.54. The molecule has 4 nitrogen and oxygen atoms in total. The normalized spacial score (nSPS) is 10.0. The van der Waals surface area contributed by atoms with Gasteiger partial charge in [0, 0.05) is 11.6 Å². The van der Waals surface area contributed by atoms with E-state index >= 15 is 0 Å². The molecule has 0 fully saturated rings. The first kappa shape index (κ1) is 16.0. The van der Waals surface area contributed by atoms with Crippen molar-refractivity contribution in [2.24, 2.45) is 0 Å². The van der Waals surface area contributed by atoms with Crippen LogP contribution in [0.2, 0.25) is 5.02 Å². The van der Waals surface area contributed by atoms with E-state index in [4.69, 9.17) is 16.3 Å². The van der Waals surface area contributed by atoms with E-state index in [0.29, 0.717) is 11.6 Å². The Morgan fingerprint density at radius 3 is 2.32 bits per heavy atom.